The van der Waals surface area contributed by atoms with Crippen LogP contribution in [-0.4, -0.2) is 44.9 Å². The van der Waals surface area contributed by atoms with Crippen LogP contribution in [0.2, 0.25) is 0 Å². The summed E-state index contributed by atoms with van der Waals surface area (Å²) in [4.78, 5) is 13.5. The van der Waals surface area contributed by atoms with Gasteiger partial charge in [-0.1, -0.05) is 18.2 Å². The molecule has 5 heteroatoms. The third-order valence-electron chi connectivity index (χ3n) is 2.81. The smallest absolute Gasteiger partial charge is 0.239 e. The molecule has 0 heterocycles. The Morgan fingerprint density at radius 2 is 2.16 bits per heavy atom. The molecule has 106 valence electrons. The summed E-state index contributed by atoms with van der Waals surface area (Å²) in [7, 11) is 3.42. The first-order valence-electron chi connectivity index (χ1n) is 6.30. The van der Waals surface area contributed by atoms with Gasteiger partial charge in [0.05, 0.1) is 19.3 Å². The van der Waals surface area contributed by atoms with Crippen LogP contribution < -0.4 is 10.2 Å². The van der Waals surface area contributed by atoms with E-state index in [0.717, 1.165) is 11.3 Å². The average Bonchev–Trinajstić information content (AvgIpc) is 2.39. The van der Waals surface area contributed by atoms with E-state index in [1.165, 1.54) is 0 Å². The highest BCUT2D eigenvalue weighted by atomic mass is 16.5. The largest absolute Gasteiger partial charge is 0.389 e. The van der Waals surface area contributed by atoms with Gasteiger partial charge >= 0.3 is 0 Å². The Morgan fingerprint density at radius 3 is 2.79 bits per heavy atom. The van der Waals surface area contributed by atoms with Crippen LogP contribution >= 0.6 is 0 Å². The van der Waals surface area contributed by atoms with E-state index >= 15 is 0 Å². The minimum absolute atomic E-state index is 0.0695. The molecule has 0 aliphatic rings. The number of methoxy groups -OCH3 is 1. The number of likely N-dealkylation sites (N-methyl/N-ethyl adjacent to an activating group) is 1. The zero-order valence-corrected chi connectivity index (χ0v) is 11.7. The topological polar surface area (TPSA) is 61.8 Å². The van der Waals surface area contributed by atoms with Crippen molar-refractivity contribution in [3.63, 3.8) is 0 Å². The normalized spacial score (nSPS) is 12.0. The van der Waals surface area contributed by atoms with Crippen molar-refractivity contribution in [2.24, 2.45) is 0 Å². The molecule has 0 spiro atoms. The Hall–Kier alpha value is -1.59. The number of hydrogen-bond acceptors (Lipinski definition) is 4. The number of ether oxygens (including phenoxy) is 1. The van der Waals surface area contributed by atoms with Crippen LogP contribution in [0.5, 0.6) is 0 Å². The average molecular weight is 266 g/mol. The highest BCUT2D eigenvalue weighted by Gasteiger charge is 2.13. The third-order valence-corrected chi connectivity index (χ3v) is 2.81. The van der Waals surface area contributed by atoms with Crippen LogP contribution in [0.4, 0.5) is 5.69 Å². The fourth-order valence-corrected chi connectivity index (χ4v) is 1.84. The minimum Gasteiger partial charge on any atom is -0.389 e. The molecule has 0 radical (unpaired) electrons. The summed E-state index contributed by atoms with van der Waals surface area (Å²) < 4.78 is 4.87. The van der Waals surface area contributed by atoms with Crippen LogP contribution in [-0.2, 0) is 9.53 Å². The molecule has 1 rings (SSSR count). The van der Waals surface area contributed by atoms with E-state index in [1.54, 1.807) is 14.0 Å². The van der Waals surface area contributed by atoms with E-state index in [0.29, 0.717) is 13.2 Å². The van der Waals surface area contributed by atoms with Gasteiger partial charge in [0.25, 0.3) is 0 Å². The fourth-order valence-electron chi connectivity index (χ4n) is 1.84. The maximum atomic E-state index is 11.7. The number of aliphatic hydroxyl groups excluding tert-OH is 1. The molecule has 1 aromatic carbocycles. The highest BCUT2D eigenvalue weighted by Crippen LogP contribution is 2.24. The van der Waals surface area contributed by atoms with Gasteiger partial charge in [0, 0.05) is 32.0 Å². The van der Waals surface area contributed by atoms with Crippen molar-refractivity contribution in [2.45, 2.75) is 13.0 Å². The molecule has 0 bridgehead atoms. The molecule has 0 aliphatic heterocycles. The summed E-state index contributed by atoms with van der Waals surface area (Å²) in [6.45, 7) is 2.96. The van der Waals surface area contributed by atoms with Gasteiger partial charge in [-0.05, 0) is 13.0 Å². The first-order chi connectivity index (χ1) is 9.06. The molecule has 0 fully saturated rings. The number of carbonyl (C=O) groups excluding carboxylic acids is 1. The number of anilines is 1. The standard InChI is InChI=1S/C14H22N2O3/c1-11(17)12-6-4-5-7-13(12)16(2)10-14(18)15-8-9-19-3/h4-7,11,17H,8-10H2,1-3H3,(H,15,18)/t11-/m1/s1. The van der Waals surface area contributed by atoms with E-state index in [2.05, 4.69) is 5.32 Å². The number of rotatable bonds is 7. The van der Waals surface area contributed by atoms with Crippen molar-refractivity contribution in [3.05, 3.63) is 29.8 Å². The molecule has 19 heavy (non-hydrogen) atoms. The van der Waals surface area contributed by atoms with E-state index in [9.17, 15) is 9.90 Å². The summed E-state index contributed by atoms with van der Waals surface area (Å²) in [6.07, 6.45) is -0.560. The van der Waals surface area contributed by atoms with Crippen molar-refractivity contribution in [3.8, 4) is 0 Å². The molecular formula is C14H22N2O3. The van der Waals surface area contributed by atoms with Crippen molar-refractivity contribution < 1.29 is 14.6 Å². The molecule has 1 aromatic rings. The zero-order chi connectivity index (χ0) is 14.3. The number of nitrogens with one attached hydrogen (secondary N) is 1. The van der Waals surface area contributed by atoms with Crippen LogP contribution in [0.15, 0.2) is 24.3 Å². The van der Waals surface area contributed by atoms with E-state index in [4.69, 9.17) is 4.74 Å². The summed E-state index contributed by atoms with van der Waals surface area (Å²) in [5.74, 6) is -0.0695. The lowest BCUT2D eigenvalue weighted by Crippen LogP contribution is -2.37. The third kappa shape index (κ3) is 4.89. The lowest BCUT2D eigenvalue weighted by atomic mass is 10.1. The van der Waals surface area contributed by atoms with Crippen molar-refractivity contribution in [1.82, 2.24) is 5.32 Å². The second-order valence-corrected chi connectivity index (χ2v) is 4.43. The van der Waals surface area contributed by atoms with Crippen LogP contribution in [0.3, 0.4) is 0 Å². The van der Waals surface area contributed by atoms with Gasteiger partial charge in [0.15, 0.2) is 0 Å². The fraction of sp³-hybridized carbons (Fsp3) is 0.500. The summed E-state index contributed by atoms with van der Waals surface area (Å²) >= 11 is 0. The summed E-state index contributed by atoms with van der Waals surface area (Å²) in [5, 5.41) is 12.5. The molecule has 1 atom stereocenters. The first-order valence-corrected chi connectivity index (χ1v) is 6.30. The van der Waals surface area contributed by atoms with E-state index < -0.39 is 6.10 Å². The minimum atomic E-state index is -0.560. The van der Waals surface area contributed by atoms with Gasteiger partial charge in [0.1, 0.15) is 0 Å². The van der Waals surface area contributed by atoms with E-state index in [1.807, 2.05) is 36.2 Å². The predicted molar refractivity (Wildman–Crippen MR) is 75.2 cm³/mol. The number of para-hydroxylation sites is 1. The van der Waals surface area contributed by atoms with E-state index in [-0.39, 0.29) is 12.5 Å². The quantitative estimate of drug-likeness (QED) is 0.721. The Kier molecular flexibility index (Phi) is 6.32. The van der Waals surface area contributed by atoms with Gasteiger partial charge in [-0.25, -0.2) is 0 Å². The van der Waals surface area contributed by atoms with Gasteiger partial charge in [-0.15, -0.1) is 0 Å². The Morgan fingerprint density at radius 1 is 1.47 bits per heavy atom. The molecule has 5 nitrogen and oxygen atoms in total. The number of nitrogens with zero attached hydrogens (tertiary/aromatic N) is 1. The Bertz CT molecular complexity index is 407. The van der Waals surface area contributed by atoms with Crippen molar-refractivity contribution in [1.29, 1.82) is 0 Å². The lowest BCUT2D eigenvalue weighted by Gasteiger charge is -2.23. The Balaban J connectivity index is 2.62. The zero-order valence-electron chi connectivity index (χ0n) is 11.7. The molecule has 0 aliphatic carbocycles. The summed E-state index contributed by atoms with van der Waals surface area (Å²) in [6, 6.07) is 7.52. The molecule has 1 amide bonds. The molecule has 2 N–H and O–H groups in total. The molecule has 0 unspecified atom stereocenters. The van der Waals surface area contributed by atoms with Gasteiger partial charge in [-0.2, -0.15) is 0 Å². The van der Waals surface area contributed by atoms with Crippen LogP contribution in [0.25, 0.3) is 0 Å². The van der Waals surface area contributed by atoms with Crippen molar-refractivity contribution in [2.75, 3.05) is 38.8 Å². The van der Waals surface area contributed by atoms with Crippen molar-refractivity contribution >= 4 is 11.6 Å². The SMILES string of the molecule is COCCNC(=O)CN(C)c1ccccc1[C@@H](C)O. The molecule has 0 saturated heterocycles. The van der Waals surface area contributed by atoms with Gasteiger partial charge in [0.2, 0.25) is 5.91 Å². The maximum Gasteiger partial charge on any atom is 0.239 e. The molecule has 0 saturated carbocycles. The van der Waals surface area contributed by atoms with Gasteiger partial charge in [-0.3, -0.25) is 4.79 Å². The van der Waals surface area contributed by atoms with Gasteiger partial charge < -0.3 is 20.1 Å². The lowest BCUT2D eigenvalue weighted by molar-refractivity contribution is -0.119. The predicted octanol–water partition coefficient (Wildman–Crippen LogP) is 0.939. The number of benzene rings is 1. The van der Waals surface area contributed by atoms with Crippen LogP contribution in [0, 0.1) is 0 Å². The number of aliphatic hydroxyl groups is 1. The number of carbonyl (C=O) groups is 1. The highest BCUT2D eigenvalue weighted by molar-refractivity contribution is 5.81. The number of amides is 1. The molecular weight excluding hydrogens is 244 g/mol. The molecule has 0 aromatic heterocycles. The Labute approximate surface area is 114 Å². The monoisotopic (exact) mass is 266 g/mol. The first kappa shape index (κ1) is 15.5. The number of hydrogen-bond donors (Lipinski definition) is 2. The second kappa shape index (κ2) is 7.76. The second-order valence-electron chi connectivity index (χ2n) is 4.43. The maximum absolute atomic E-state index is 11.7. The summed E-state index contributed by atoms with van der Waals surface area (Å²) in [5.41, 5.74) is 1.68. The van der Waals surface area contributed by atoms with Crippen LogP contribution in [0.1, 0.15) is 18.6 Å².